The first-order chi connectivity index (χ1) is 10.3. The van der Waals surface area contributed by atoms with Gasteiger partial charge < -0.3 is 0 Å². The fourth-order valence-electron chi connectivity index (χ4n) is 2.52. The Balaban J connectivity index is 1.86. The van der Waals surface area contributed by atoms with E-state index in [4.69, 9.17) is 0 Å². The number of thiophene rings is 1. The maximum absolute atomic E-state index is 12.7. The van der Waals surface area contributed by atoms with Crippen molar-refractivity contribution in [2.45, 2.75) is 0 Å². The van der Waals surface area contributed by atoms with E-state index in [0.29, 0.717) is 5.56 Å². The highest BCUT2D eigenvalue weighted by atomic mass is 32.1. The molecule has 0 atom stereocenters. The van der Waals surface area contributed by atoms with Crippen LogP contribution in [0.15, 0.2) is 66.2 Å². The highest BCUT2D eigenvalue weighted by Crippen LogP contribution is 2.28. The third-order valence-electron chi connectivity index (χ3n) is 3.59. The number of fused-ring (bicyclic) bond motifs is 2. The summed E-state index contributed by atoms with van der Waals surface area (Å²) >= 11 is 1.60. The predicted molar refractivity (Wildman–Crippen MR) is 87.0 cm³/mol. The van der Waals surface area contributed by atoms with Crippen molar-refractivity contribution in [1.82, 2.24) is 4.98 Å². The molecule has 2 nitrogen and oxygen atoms in total. The van der Waals surface area contributed by atoms with Crippen LogP contribution in [-0.2, 0) is 0 Å². The monoisotopic (exact) mass is 289 g/mol. The van der Waals surface area contributed by atoms with Crippen molar-refractivity contribution in [1.29, 1.82) is 0 Å². The Hall–Kier alpha value is -2.52. The first kappa shape index (κ1) is 12.2. The molecule has 0 N–H and O–H groups in total. The minimum atomic E-state index is 0.0556. The molecule has 2 aromatic carbocycles. The lowest BCUT2D eigenvalue weighted by atomic mass is 10.0. The van der Waals surface area contributed by atoms with Gasteiger partial charge in [-0.05, 0) is 18.2 Å². The van der Waals surface area contributed by atoms with Crippen molar-refractivity contribution >= 4 is 38.1 Å². The lowest BCUT2D eigenvalue weighted by molar-refractivity contribution is 0.104. The second-order valence-corrected chi connectivity index (χ2v) is 5.80. The molecule has 3 heteroatoms. The number of hydrogen-bond acceptors (Lipinski definition) is 3. The Morgan fingerprint density at radius 2 is 1.90 bits per heavy atom. The molecule has 0 unspecified atom stereocenters. The smallest absolute Gasteiger partial charge is 0.194 e. The highest BCUT2D eigenvalue weighted by molar-refractivity contribution is 7.17. The third-order valence-corrected chi connectivity index (χ3v) is 4.56. The van der Waals surface area contributed by atoms with Crippen LogP contribution in [0.2, 0.25) is 0 Å². The fraction of sp³-hybridized carbons (Fsp3) is 0. The number of hydrogen-bond donors (Lipinski definition) is 0. The van der Waals surface area contributed by atoms with E-state index in [1.165, 1.54) is 0 Å². The summed E-state index contributed by atoms with van der Waals surface area (Å²) in [6.07, 6.45) is 1.75. The van der Waals surface area contributed by atoms with Crippen LogP contribution in [0.4, 0.5) is 0 Å². The molecule has 4 aromatic rings. The van der Waals surface area contributed by atoms with Gasteiger partial charge in [-0.15, -0.1) is 11.3 Å². The summed E-state index contributed by atoms with van der Waals surface area (Å²) in [6, 6.07) is 17.6. The van der Waals surface area contributed by atoms with Crippen molar-refractivity contribution in [3.8, 4) is 0 Å². The Labute approximate surface area is 125 Å². The van der Waals surface area contributed by atoms with Gasteiger partial charge in [0.05, 0.1) is 5.52 Å². The molecule has 2 aromatic heterocycles. The molecule has 4 rings (SSSR count). The Morgan fingerprint density at radius 1 is 1.00 bits per heavy atom. The van der Waals surface area contributed by atoms with Gasteiger partial charge in [0.15, 0.2) is 5.78 Å². The van der Waals surface area contributed by atoms with Crippen LogP contribution in [0, 0.1) is 0 Å². The molecule has 0 aliphatic carbocycles. The van der Waals surface area contributed by atoms with Crippen molar-refractivity contribution < 1.29 is 4.79 Å². The average molecular weight is 289 g/mol. The highest BCUT2D eigenvalue weighted by Gasteiger charge is 2.14. The number of aromatic nitrogens is 1. The number of rotatable bonds is 2. The zero-order valence-corrected chi connectivity index (χ0v) is 11.9. The van der Waals surface area contributed by atoms with E-state index in [0.717, 1.165) is 26.6 Å². The largest absolute Gasteiger partial charge is 0.289 e. The first-order valence-corrected chi connectivity index (χ1v) is 7.56. The van der Waals surface area contributed by atoms with Crippen LogP contribution in [0.25, 0.3) is 21.0 Å². The summed E-state index contributed by atoms with van der Waals surface area (Å²) in [5, 5.41) is 4.01. The summed E-state index contributed by atoms with van der Waals surface area (Å²) in [5.74, 6) is 0.0556. The molecule has 0 saturated heterocycles. The number of carbonyl (C=O) groups excluding carboxylic acids is 1. The first-order valence-electron chi connectivity index (χ1n) is 6.69. The van der Waals surface area contributed by atoms with Gasteiger partial charge in [-0.1, -0.05) is 36.4 Å². The summed E-state index contributed by atoms with van der Waals surface area (Å²) < 4.78 is 1.14. The Morgan fingerprint density at radius 3 is 2.86 bits per heavy atom. The van der Waals surface area contributed by atoms with Crippen molar-refractivity contribution in [3.63, 3.8) is 0 Å². The summed E-state index contributed by atoms with van der Waals surface area (Å²) in [4.78, 5) is 17.1. The molecule has 0 spiro atoms. The third kappa shape index (κ3) is 2.03. The van der Waals surface area contributed by atoms with Gasteiger partial charge in [-0.25, -0.2) is 0 Å². The zero-order valence-electron chi connectivity index (χ0n) is 11.1. The lowest BCUT2D eigenvalue weighted by Gasteiger charge is -2.02. The second kappa shape index (κ2) is 4.79. The SMILES string of the molecule is O=C(c1ccc2cccnc2c1)c1csc2ccccc12. The topological polar surface area (TPSA) is 30.0 Å². The maximum atomic E-state index is 12.7. The van der Waals surface area contributed by atoms with Gasteiger partial charge in [-0.2, -0.15) is 0 Å². The number of nitrogens with zero attached hydrogens (tertiary/aromatic N) is 1. The van der Waals surface area contributed by atoms with Gasteiger partial charge >= 0.3 is 0 Å². The normalized spacial score (nSPS) is 11.0. The molecule has 0 fully saturated rings. The molecular weight excluding hydrogens is 278 g/mol. The number of carbonyl (C=O) groups is 1. The van der Waals surface area contributed by atoms with Crippen molar-refractivity contribution in [2.75, 3.05) is 0 Å². The van der Waals surface area contributed by atoms with E-state index >= 15 is 0 Å². The van der Waals surface area contributed by atoms with Gasteiger partial charge in [0.25, 0.3) is 0 Å². The molecule has 0 amide bonds. The van der Waals surface area contributed by atoms with Crippen LogP contribution < -0.4 is 0 Å². The van der Waals surface area contributed by atoms with Crippen LogP contribution in [0.1, 0.15) is 15.9 Å². The van der Waals surface area contributed by atoms with E-state index in [1.807, 2.05) is 60.0 Å². The molecule has 2 heterocycles. The van der Waals surface area contributed by atoms with E-state index in [-0.39, 0.29) is 5.78 Å². The molecular formula is C18H11NOS. The Bertz CT molecular complexity index is 971. The van der Waals surface area contributed by atoms with Crippen molar-refractivity contribution in [3.05, 3.63) is 77.3 Å². The molecule has 0 aliphatic heterocycles. The fourth-order valence-corrected chi connectivity index (χ4v) is 3.46. The summed E-state index contributed by atoms with van der Waals surface area (Å²) in [5.41, 5.74) is 2.30. The maximum Gasteiger partial charge on any atom is 0.194 e. The van der Waals surface area contributed by atoms with E-state index in [1.54, 1.807) is 17.5 Å². The van der Waals surface area contributed by atoms with Gasteiger partial charge in [0, 0.05) is 38.2 Å². The van der Waals surface area contributed by atoms with Crippen LogP contribution in [0.5, 0.6) is 0 Å². The number of pyridine rings is 1. The molecule has 21 heavy (non-hydrogen) atoms. The minimum Gasteiger partial charge on any atom is -0.289 e. The second-order valence-electron chi connectivity index (χ2n) is 4.89. The molecule has 0 bridgehead atoms. The average Bonchev–Trinajstić information content (AvgIpc) is 2.98. The van der Waals surface area contributed by atoms with E-state index < -0.39 is 0 Å². The van der Waals surface area contributed by atoms with Crippen molar-refractivity contribution in [2.24, 2.45) is 0 Å². The molecule has 0 saturated carbocycles. The number of ketones is 1. The molecule has 0 aliphatic rings. The molecule has 0 radical (unpaired) electrons. The Kier molecular flexibility index (Phi) is 2.79. The lowest BCUT2D eigenvalue weighted by Crippen LogP contribution is -2.00. The number of benzene rings is 2. The van der Waals surface area contributed by atoms with E-state index in [2.05, 4.69) is 4.98 Å². The van der Waals surface area contributed by atoms with Gasteiger partial charge in [0.2, 0.25) is 0 Å². The zero-order chi connectivity index (χ0) is 14.2. The molecule has 100 valence electrons. The van der Waals surface area contributed by atoms with E-state index in [9.17, 15) is 4.79 Å². The summed E-state index contributed by atoms with van der Waals surface area (Å²) in [7, 11) is 0. The van der Waals surface area contributed by atoms with Crippen LogP contribution in [0.3, 0.4) is 0 Å². The standard InChI is InChI=1S/C18H11NOS/c20-18(15-11-21-17-6-2-1-5-14(15)17)13-8-7-12-4-3-9-19-16(12)10-13/h1-11H. The minimum absolute atomic E-state index is 0.0556. The van der Waals surface area contributed by atoms with Crippen LogP contribution >= 0.6 is 11.3 Å². The quantitative estimate of drug-likeness (QED) is 0.501. The van der Waals surface area contributed by atoms with Gasteiger partial charge in [0.1, 0.15) is 0 Å². The predicted octanol–water partition coefficient (Wildman–Crippen LogP) is 4.68. The van der Waals surface area contributed by atoms with Gasteiger partial charge in [-0.3, -0.25) is 9.78 Å². The van der Waals surface area contributed by atoms with Crippen LogP contribution in [-0.4, -0.2) is 10.8 Å². The summed E-state index contributed by atoms with van der Waals surface area (Å²) in [6.45, 7) is 0.